The van der Waals surface area contributed by atoms with Crippen molar-refractivity contribution in [3.8, 4) is 0 Å². The molecule has 1 aromatic rings. The standard InChI is InChI=1S/C11H13IN2O3/c1-6(4-10(15)16)14-11(17)8-5-7(12)2-3-9(8)13/h2-3,5-6H,4,13H2,1H3,(H,14,17)(H,15,16). The van der Waals surface area contributed by atoms with Gasteiger partial charge in [0.15, 0.2) is 0 Å². The molecule has 6 heteroatoms. The van der Waals surface area contributed by atoms with Crippen molar-refractivity contribution in [1.82, 2.24) is 5.32 Å². The number of nitrogens with one attached hydrogen (secondary N) is 1. The zero-order valence-electron chi connectivity index (χ0n) is 9.24. The van der Waals surface area contributed by atoms with Gasteiger partial charge in [0.1, 0.15) is 0 Å². The highest BCUT2D eigenvalue weighted by atomic mass is 127. The smallest absolute Gasteiger partial charge is 0.305 e. The molecule has 0 saturated carbocycles. The molecule has 1 unspecified atom stereocenters. The number of nitrogen functional groups attached to an aromatic ring is 1. The summed E-state index contributed by atoms with van der Waals surface area (Å²) in [5, 5.41) is 11.2. The SMILES string of the molecule is CC(CC(=O)O)NC(=O)c1cc(I)ccc1N. The van der Waals surface area contributed by atoms with Crippen LogP contribution in [0.15, 0.2) is 18.2 Å². The molecule has 1 aromatic carbocycles. The Labute approximate surface area is 113 Å². The number of aliphatic carboxylic acids is 1. The van der Waals surface area contributed by atoms with E-state index in [1.165, 1.54) is 0 Å². The number of hydrogen-bond acceptors (Lipinski definition) is 3. The van der Waals surface area contributed by atoms with Crippen molar-refractivity contribution in [2.45, 2.75) is 19.4 Å². The molecule has 0 heterocycles. The van der Waals surface area contributed by atoms with Crippen molar-refractivity contribution < 1.29 is 14.7 Å². The Morgan fingerprint density at radius 2 is 2.18 bits per heavy atom. The lowest BCUT2D eigenvalue weighted by Crippen LogP contribution is -2.34. The molecule has 0 spiro atoms. The predicted octanol–water partition coefficient (Wildman–Crippen LogP) is 1.47. The monoisotopic (exact) mass is 348 g/mol. The van der Waals surface area contributed by atoms with Gasteiger partial charge in [-0.15, -0.1) is 0 Å². The molecule has 0 aromatic heterocycles. The maximum atomic E-state index is 11.8. The Bertz CT molecular complexity index is 448. The van der Waals surface area contributed by atoms with Crippen molar-refractivity contribution in [1.29, 1.82) is 0 Å². The number of carboxylic acid groups (broad SMARTS) is 1. The fourth-order valence-electron chi connectivity index (χ4n) is 1.34. The molecule has 92 valence electrons. The molecule has 17 heavy (non-hydrogen) atoms. The Kier molecular flexibility index (Phi) is 4.73. The molecule has 0 bridgehead atoms. The first-order chi connectivity index (χ1) is 7.90. The van der Waals surface area contributed by atoms with Gasteiger partial charge in [-0.2, -0.15) is 0 Å². The number of rotatable bonds is 4. The van der Waals surface area contributed by atoms with Crippen molar-refractivity contribution >= 4 is 40.2 Å². The summed E-state index contributed by atoms with van der Waals surface area (Å²) in [4.78, 5) is 22.3. The largest absolute Gasteiger partial charge is 0.481 e. The summed E-state index contributed by atoms with van der Waals surface area (Å²) in [7, 11) is 0. The first-order valence-corrected chi connectivity index (χ1v) is 6.05. The number of carbonyl (C=O) groups is 2. The molecule has 0 radical (unpaired) electrons. The molecule has 0 aliphatic rings. The lowest BCUT2D eigenvalue weighted by atomic mass is 10.1. The summed E-state index contributed by atoms with van der Waals surface area (Å²) < 4.78 is 0.896. The molecule has 0 fully saturated rings. The average molecular weight is 348 g/mol. The van der Waals surface area contributed by atoms with Gasteiger partial charge in [-0.05, 0) is 47.7 Å². The molecule has 0 aliphatic heterocycles. The zero-order valence-corrected chi connectivity index (χ0v) is 11.4. The lowest BCUT2D eigenvalue weighted by Gasteiger charge is -2.12. The number of hydrogen-bond donors (Lipinski definition) is 3. The van der Waals surface area contributed by atoms with Crippen LogP contribution in [0.2, 0.25) is 0 Å². The van der Waals surface area contributed by atoms with E-state index in [0.717, 1.165) is 3.57 Å². The van der Waals surface area contributed by atoms with Crippen molar-refractivity contribution in [3.63, 3.8) is 0 Å². The van der Waals surface area contributed by atoms with Crippen LogP contribution in [0.3, 0.4) is 0 Å². The van der Waals surface area contributed by atoms with Gasteiger partial charge in [0.2, 0.25) is 0 Å². The number of carboxylic acids is 1. The van der Waals surface area contributed by atoms with E-state index in [9.17, 15) is 9.59 Å². The summed E-state index contributed by atoms with van der Waals surface area (Å²) in [6.45, 7) is 1.64. The second-order valence-electron chi connectivity index (χ2n) is 3.70. The van der Waals surface area contributed by atoms with Gasteiger partial charge in [-0.25, -0.2) is 0 Å². The van der Waals surface area contributed by atoms with E-state index in [-0.39, 0.29) is 12.3 Å². The van der Waals surface area contributed by atoms with Gasteiger partial charge in [0.25, 0.3) is 5.91 Å². The van der Waals surface area contributed by atoms with Gasteiger partial charge in [-0.3, -0.25) is 9.59 Å². The van der Waals surface area contributed by atoms with Crippen molar-refractivity contribution in [2.24, 2.45) is 0 Å². The molecule has 1 amide bonds. The number of amides is 1. The summed E-state index contributed by atoms with van der Waals surface area (Å²) in [5.74, 6) is -1.30. The van der Waals surface area contributed by atoms with Gasteiger partial charge in [0, 0.05) is 15.3 Å². The number of benzene rings is 1. The number of anilines is 1. The second kappa shape index (κ2) is 5.85. The van der Waals surface area contributed by atoms with Crippen LogP contribution in [0.5, 0.6) is 0 Å². The van der Waals surface area contributed by atoms with Gasteiger partial charge in [0.05, 0.1) is 12.0 Å². The van der Waals surface area contributed by atoms with Crippen LogP contribution in [0.25, 0.3) is 0 Å². The molecular weight excluding hydrogens is 335 g/mol. The normalized spacial score (nSPS) is 11.9. The van der Waals surface area contributed by atoms with Crippen LogP contribution in [0, 0.1) is 3.57 Å². The fourth-order valence-corrected chi connectivity index (χ4v) is 1.83. The summed E-state index contributed by atoms with van der Waals surface area (Å²) in [5.41, 5.74) is 6.44. The Balaban J connectivity index is 2.76. The number of carbonyl (C=O) groups excluding carboxylic acids is 1. The van der Waals surface area contributed by atoms with Crippen molar-refractivity contribution in [2.75, 3.05) is 5.73 Å². The highest BCUT2D eigenvalue weighted by molar-refractivity contribution is 14.1. The van der Waals surface area contributed by atoms with E-state index >= 15 is 0 Å². The predicted molar refractivity (Wildman–Crippen MR) is 72.8 cm³/mol. The van der Waals surface area contributed by atoms with E-state index < -0.39 is 12.0 Å². The van der Waals surface area contributed by atoms with Crippen LogP contribution in [-0.2, 0) is 4.79 Å². The second-order valence-corrected chi connectivity index (χ2v) is 4.95. The minimum absolute atomic E-state index is 0.116. The van der Waals surface area contributed by atoms with Crippen LogP contribution in [-0.4, -0.2) is 23.0 Å². The van der Waals surface area contributed by atoms with Crippen LogP contribution in [0.1, 0.15) is 23.7 Å². The zero-order chi connectivity index (χ0) is 13.0. The quantitative estimate of drug-likeness (QED) is 0.568. The molecule has 1 atom stereocenters. The molecule has 0 aliphatic carbocycles. The first-order valence-electron chi connectivity index (χ1n) is 4.98. The van der Waals surface area contributed by atoms with Gasteiger partial charge in [-0.1, -0.05) is 0 Å². The third-order valence-corrected chi connectivity index (χ3v) is 2.79. The molecule has 5 nitrogen and oxygen atoms in total. The average Bonchev–Trinajstić information content (AvgIpc) is 2.20. The summed E-state index contributed by atoms with van der Waals surface area (Å²) in [6.07, 6.45) is -0.116. The topological polar surface area (TPSA) is 92.4 Å². The maximum Gasteiger partial charge on any atom is 0.305 e. The lowest BCUT2D eigenvalue weighted by molar-refractivity contribution is -0.137. The van der Waals surface area contributed by atoms with Crippen LogP contribution < -0.4 is 11.1 Å². The fraction of sp³-hybridized carbons (Fsp3) is 0.273. The summed E-state index contributed by atoms with van der Waals surface area (Å²) >= 11 is 2.08. The van der Waals surface area contributed by atoms with E-state index in [2.05, 4.69) is 27.9 Å². The van der Waals surface area contributed by atoms with Gasteiger partial charge >= 0.3 is 5.97 Å². The van der Waals surface area contributed by atoms with E-state index in [0.29, 0.717) is 11.3 Å². The molecule has 4 N–H and O–H groups in total. The number of halogens is 1. The van der Waals surface area contributed by atoms with Crippen LogP contribution >= 0.6 is 22.6 Å². The van der Waals surface area contributed by atoms with Gasteiger partial charge < -0.3 is 16.2 Å². The third-order valence-electron chi connectivity index (χ3n) is 2.12. The third kappa shape index (κ3) is 4.22. The van der Waals surface area contributed by atoms with Crippen molar-refractivity contribution in [3.05, 3.63) is 27.3 Å². The van der Waals surface area contributed by atoms with E-state index in [4.69, 9.17) is 10.8 Å². The minimum Gasteiger partial charge on any atom is -0.481 e. The Morgan fingerprint density at radius 3 is 2.76 bits per heavy atom. The number of nitrogens with two attached hydrogens (primary N) is 1. The highest BCUT2D eigenvalue weighted by Crippen LogP contribution is 2.15. The van der Waals surface area contributed by atoms with Crippen LogP contribution in [0.4, 0.5) is 5.69 Å². The molecular formula is C11H13IN2O3. The summed E-state index contributed by atoms with van der Waals surface area (Å²) in [6, 6.07) is 4.68. The molecule has 0 saturated heterocycles. The van der Waals surface area contributed by atoms with E-state index in [1.54, 1.807) is 25.1 Å². The first kappa shape index (κ1) is 13.8. The highest BCUT2D eigenvalue weighted by Gasteiger charge is 2.14. The Morgan fingerprint density at radius 1 is 1.53 bits per heavy atom. The maximum absolute atomic E-state index is 11.8. The molecule has 1 rings (SSSR count). The van der Waals surface area contributed by atoms with E-state index in [1.807, 2.05) is 0 Å². The Hall–Kier alpha value is -1.31. The minimum atomic E-state index is -0.951.